The second kappa shape index (κ2) is 8.13. The topological polar surface area (TPSA) is 94.9 Å². The van der Waals surface area contributed by atoms with Crippen LogP contribution in [0.2, 0.25) is 5.02 Å². The van der Waals surface area contributed by atoms with E-state index in [-0.39, 0.29) is 11.1 Å². The number of carbonyl (C=O) groups is 2. The summed E-state index contributed by atoms with van der Waals surface area (Å²) in [6, 6.07) is 16.7. The maximum atomic E-state index is 12.4. The number of amides is 2. The molecule has 0 unspecified atom stereocenters. The fourth-order valence-electron chi connectivity index (χ4n) is 2.29. The number of halogens is 1. The first-order valence-electron chi connectivity index (χ1n) is 7.88. The average Bonchev–Trinajstić information content (AvgIpc) is 2.68. The number of benzene rings is 2. The van der Waals surface area contributed by atoms with Crippen LogP contribution < -0.4 is 10.6 Å². The Bertz CT molecular complexity index is 1040. The van der Waals surface area contributed by atoms with E-state index in [1.807, 2.05) is 6.07 Å². The zero-order chi connectivity index (χ0) is 19.2. The molecule has 1 aromatic heterocycles. The van der Waals surface area contributed by atoms with Crippen LogP contribution in [0.25, 0.3) is 0 Å². The van der Waals surface area contributed by atoms with E-state index in [1.165, 1.54) is 18.5 Å². The van der Waals surface area contributed by atoms with Gasteiger partial charge in [-0.15, -0.1) is 0 Å². The molecule has 0 aliphatic heterocycles. The Morgan fingerprint density at radius 2 is 1.52 bits per heavy atom. The van der Waals surface area contributed by atoms with Gasteiger partial charge in [-0.25, -0.2) is 0 Å². The molecular weight excluding hydrogens is 364 g/mol. The van der Waals surface area contributed by atoms with Gasteiger partial charge in [0.2, 0.25) is 0 Å². The highest BCUT2D eigenvalue weighted by atomic mass is 35.5. The van der Waals surface area contributed by atoms with Crippen molar-refractivity contribution in [2.45, 2.75) is 0 Å². The Morgan fingerprint density at radius 1 is 0.889 bits per heavy atom. The number of nitrogens with one attached hydrogen (secondary N) is 2. The van der Waals surface area contributed by atoms with Gasteiger partial charge in [-0.05, 0) is 48.5 Å². The predicted octanol–water partition coefficient (Wildman–Crippen LogP) is 4.11. The Kier molecular flexibility index (Phi) is 5.45. The van der Waals surface area contributed by atoms with Crippen molar-refractivity contribution >= 4 is 34.8 Å². The third-order valence-corrected chi connectivity index (χ3v) is 3.85. The summed E-state index contributed by atoms with van der Waals surface area (Å²) in [6.07, 6.45) is 2.74. The van der Waals surface area contributed by atoms with Gasteiger partial charge in [-0.3, -0.25) is 14.6 Å². The molecule has 7 heteroatoms. The summed E-state index contributed by atoms with van der Waals surface area (Å²) in [5, 5.41) is 14.7. The Hall–Kier alpha value is -3.69. The maximum absolute atomic E-state index is 12.4. The molecule has 2 aromatic carbocycles. The van der Waals surface area contributed by atoms with Crippen LogP contribution in [0, 0.1) is 11.3 Å². The second-order valence-corrected chi connectivity index (χ2v) is 6.01. The average molecular weight is 377 g/mol. The molecule has 0 aliphatic rings. The van der Waals surface area contributed by atoms with Gasteiger partial charge in [0.25, 0.3) is 11.8 Å². The summed E-state index contributed by atoms with van der Waals surface area (Å²) >= 11 is 5.90. The standard InChI is InChI=1S/C20H13ClN4O2/c21-16-2-1-3-18(9-16)25-20(27)15-8-14(11-23-12-15)19(26)24-17-6-4-13(10-22)5-7-17/h1-9,11-12H,(H,24,26)(H,25,27). The molecule has 0 saturated heterocycles. The van der Waals surface area contributed by atoms with Crippen molar-refractivity contribution < 1.29 is 9.59 Å². The Balaban J connectivity index is 1.73. The number of nitriles is 1. The number of hydrogen-bond acceptors (Lipinski definition) is 4. The molecule has 1 heterocycles. The number of aromatic nitrogens is 1. The van der Waals surface area contributed by atoms with Gasteiger partial charge in [0.1, 0.15) is 0 Å². The van der Waals surface area contributed by atoms with E-state index >= 15 is 0 Å². The lowest BCUT2D eigenvalue weighted by Gasteiger charge is -2.08. The van der Waals surface area contributed by atoms with E-state index in [0.29, 0.717) is 22.0 Å². The van der Waals surface area contributed by atoms with E-state index in [4.69, 9.17) is 16.9 Å². The van der Waals surface area contributed by atoms with Crippen LogP contribution in [0.4, 0.5) is 11.4 Å². The molecule has 0 aliphatic carbocycles. The van der Waals surface area contributed by atoms with E-state index in [1.54, 1.807) is 48.5 Å². The van der Waals surface area contributed by atoms with Crippen molar-refractivity contribution in [2.75, 3.05) is 10.6 Å². The summed E-state index contributed by atoms with van der Waals surface area (Å²) in [6.45, 7) is 0. The summed E-state index contributed by atoms with van der Waals surface area (Å²) in [5.74, 6) is -0.817. The summed E-state index contributed by atoms with van der Waals surface area (Å²) in [7, 11) is 0. The SMILES string of the molecule is N#Cc1ccc(NC(=O)c2cncc(C(=O)Nc3cccc(Cl)c3)c2)cc1. The van der Waals surface area contributed by atoms with Crippen LogP contribution in [0.3, 0.4) is 0 Å². The molecule has 3 aromatic rings. The number of hydrogen-bond donors (Lipinski definition) is 2. The van der Waals surface area contributed by atoms with Crippen molar-refractivity contribution in [3.8, 4) is 6.07 Å². The van der Waals surface area contributed by atoms with Gasteiger partial charge in [0, 0.05) is 28.8 Å². The number of carbonyl (C=O) groups excluding carboxylic acids is 2. The predicted molar refractivity (Wildman–Crippen MR) is 103 cm³/mol. The fraction of sp³-hybridized carbons (Fsp3) is 0. The highest BCUT2D eigenvalue weighted by Gasteiger charge is 2.12. The maximum Gasteiger partial charge on any atom is 0.257 e. The van der Waals surface area contributed by atoms with Crippen molar-refractivity contribution in [3.63, 3.8) is 0 Å². The van der Waals surface area contributed by atoms with Crippen molar-refractivity contribution in [1.29, 1.82) is 5.26 Å². The summed E-state index contributed by atoms with van der Waals surface area (Å²) < 4.78 is 0. The molecular formula is C20H13ClN4O2. The molecule has 27 heavy (non-hydrogen) atoms. The van der Waals surface area contributed by atoms with Crippen molar-refractivity contribution in [1.82, 2.24) is 4.98 Å². The molecule has 0 saturated carbocycles. The lowest BCUT2D eigenvalue weighted by Crippen LogP contribution is -2.16. The molecule has 0 fully saturated rings. The van der Waals surface area contributed by atoms with E-state index in [0.717, 1.165) is 0 Å². The van der Waals surface area contributed by atoms with Gasteiger partial charge in [-0.2, -0.15) is 5.26 Å². The minimum atomic E-state index is -0.412. The van der Waals surface area contributed by atoms with E-state index < -0.39 is 11.8 Å². The van der Waals surface area contributed by atoms with E-state index in [9.17, 15) is 9.59 Å². The third-order valence-electron chi connectivity index (χ3n) is 3.62. The molecule has 3 rings (SSSR count). The van der Waals surface area contributed by atoms with E-state index in [2.05, 4.69) is 15.6 Å². The first-order valence-corrected chi connectivity index (χ1v) is 8.26. The van der Waals surface area contributed by atoms with Crippen molar-refractivity contribution in [3.05, 3.63) is 88.7 Å². The van der Waals surface area contributed by atoms with Gasteiger partial charge >= 0.3 is 0 Å². The van der Waals surface area contributed by atoms with Crippen LogP contribution in [0.5, 0.6) is 0 Å². The molecule has 132 valence electrons. The van der Waals surface area contributed by atoms with Crippen molar-refractivity contribution in [2.24, 2.45) is 0 Å². The first-order chi connectivity index (χ1) is 13.0. The minimum absolute atomic E-state index is 0.234. The summed E-state index contributed by atoms with van der Waals surface area (Å²) in [5.41, 5.74) is 2.04. The number of nitrogens with zero attached hydrogens (tertiary/aromatic N) is 2. The monoisotopic (exact) mass is 376 g/mol. The van der Waals surface area contributed by atoms with Crippen LogP contribution in [0.1, 0.15) is 26.3 Å². The minimum Gasteiger partial charge on any atom is -0.322 e. The normalized spacial score (nSPS) is 9.93. The smallest absolute Gasteiger partial charge is 0.257 e. The molecule has 0 radical (unpaired) electrons. The lowest BCUT2D eigenvalue weighted by atomic mass is 10.1. The molecule has 0 bridgehead atoms. The van der Waals surface area contributed by atoms with Crippen LogP contribution in [-0.2, 0) is 0 Å². The Morgan fingerprint density at radius 3 is 2.11 bits per heavy atom. The second-order valence-electron chi connectivity index (χ2n) is 5.57. The van der Waals surface area contributed by atoms with Gasteiger partial charge in [0.05, 0.1) is 22.8 Å². The van der Waals surface area contributed by atoms with Crippen LogP contribution in [0.15, 0.2) is 67.0 Å². The zero-order valence-corrected chi connectivity index (χ0v) is 14.7. The number of pyridine rings is 1. The zero-order valence-electron chi connectivity index (χ0n) is 13.9. The molecule has 2 N–H and O–H groups in total. The summed E-state index contributed by atoms with van der Waals surface area (Å²) in [4.78, 5) is 28.7. The molecule has 0 spiro atoms. The first kappa shape index (κ1) is 18.1. The highest BCUT2D eigenvalue weighted by Crippen LogP contribution is 2.16. The lowest BCUT2D eigenvalue weighted by molar-refractivity contribution is 0.102. The highest BCUT2D eigenvalue weighted by molar-refractivity contribution is 6.31. The molecule has 6 nitrogen and oxygen atoms in total. The van der Waals surface area contributed by atoms with Crippen LogP contribution in [-0.4, -0.2) is 16.8 Å². The van der Waals surface area contributed by atoms with Gasteiger partial charge in [0.15, 0.2) is 0 Å². The van der Waals surface area contributed by atoms with Gasteiger partial charge in [-0.1, -0.05) is 17.7 Å². The molecule has 0 atom stereocenters. The molecule has 2 amide bonds. The van der Waals surface area contributed by atoms with Crippen LogP contribution >= 0.6 is 11.6 Å². The van der Waals surface area contributed by atoms with Gasteiger partial charge < -0.3 is 10.6 Å². The Labute approximate surface area is 160 Å². The third kappa shape index (κ3) is 4.69. The number of anilines is 2. The quantitative estimate of drug-likeness (QED) is 0.716. The number of rotatable bonds is 4. The largest absolute Gasteiger partial charge is 0.322 e. The fourth-order valence-corrected chi connectivity index (χ4v) is 2.48.